The maximum absolute atomic E-state index is 13.1. The first-order valence-electron chi connectivity index (χ1n) is 12.2. The smallest absolute Gasteiger partial charge is 0.335 e. The lowest BCUT2D eigenvalue weighted by atomic mass is 9.96. The molecular weight excluding hydrogens is 498 g/mol. The highest BCUT2D eigenvalue weighted by molar-refractivity contribution is 7.80. The molecule has 1 saturated heterocycles. The van der Waals surface area contributed by atoms with Crippen LogP contribution in [0.15, 0.2) is 85.1 Å². The van der Waals surface area contributed by atoms with Crippen molar-refractivity contribution in [2.45, 2.75) is 25.9 Å². The zero-order chi connectivity index (χ0) is 26.8. The minimum absolute atomic E-state index is 0.0612. The Bertz CT molecular complexity index is 1490. The van der Waals surface area contributed by atoms with Crippen LogP contribution in [0.25, 0.3) is 5.69 Å². The third kappa shape index (κ3) is 4.88. The van der Waals surface area contributed by atoms with Crippen LogP contribution in [0, 0.1) is 13.8 Å². The number of carboxylic acids is 1. The number of nitrogens with one attached hydrogen (secondary N) is 2. The molecule has 2 aromatic carbocycles. The molecule has 0 unspecified atom stereocenters. The van der Waals surface area contributed by atoms with E-state index in [0.29, 0.717) is 5.11 Å². The molecule has 38 heavy (non-hydrogen) atoms. The predicted octanol–water partition coefficient (Wildman–Crippen LogP) is 4.80. The lowest BCUT2D eigenvalue weighted by molar-refractivity contribution is -0.116. The molecule has 0 saturated carbocycles. The third-order valence-corrected chi connectivity index (χ3v) is 7.08. The van der Waals surface area contributed by atoms with Gasteiger partial charge in [0.15, 0.2) is 5.11 Å². The summed E-state index contributed by atoms with van der Waals surface area (Å²) in [5.74, 6) is -1.14. The highest BCUT2D eigenvalue weighted by Crippen LogP contribution is 2.41. The number of nitrogens with zero attached hydrogens (tertiary/aromatic N) is 3. The van der Waals surface area contributed by atoms with Crippen LogP contribution in [0.3, 0.4) is 0 Å². The Hall–Kier alpha value is -4.50. The number of rotatable bonds is 7. The Kier molecular flexibility index (Phi) is 6.93. The zero-order valence-electron chi connectivity index (χ0n) is 21.0. The van der Waals surface area contributed by atoms with Crippen LogP contribution in [0.2, 0.25) is 0 Å². The number of pyridine rings is 1. The normalized spacial score (nSPS) is 16.8. The van der Waals surface area contributed by atoms with E-state index in [4.69, 9.17) is 12.2 Å². The molecule has 0 spiro atoms. The summed E-state index contributed by atoms with van der Waals surface area (Å²) in [6.07, 6.45) is 1.75. The van der Waals surface area contributed by atoms with Gasteiger partial charge in [-0.05, 0) is 86.2 Å². The highest BCUT2D eigenvalue weighted by atomic mass is 32.1. The Morgan fingerprint density at radius 3 is 2.39 bits per heavy atom. The van der Waals surface area contributed by atoms with Crippen LogP contribution in [0.5, 0.6) is 0 Å². The molecule has 2 atom stereocenters. The molecule has 3 N–H and O–H groups in total. The van der Waals surface area contributed by atoms with Crippen molar-refractivity contribution in [3.8, 4) is 5.69 Å². The number of carbonyl (C=O) groups is 2. The summed E-state index contributed by atoms with van der Waals surface area (Å²) in [5, 5.41) is 16.1. The molecule has 3 heterocycles. The predicted molar refractivity (Wildman–Crippen MR) is 149 cm³/mol. The fourth-order valence-corrected chi connectivity index (χ4v) is 5.33. The van der Waals surface area contributed by atoms with Gasteiger partial charge in [0.1, 0.15) is 6.54 Å². The number of carboxylic acid groups (broad SMARTS) is 1. The summed E-state index contributed by atoms with van der Waals surface area (Å²) >= 11 is 5.74. The Balaban J connectivity index is 1.53. The fraction of sp³-hybridized carbons (Fsp3) is 0.172. The number of hydrogen-bond donors (Lipinski definition) is 3. The molecule has 1 aliphatic heterocycles. The monoisotopic (exact) mass is 525 g/mol. The summed E-state index contributed by atoms with van der Waals surface area (Å²) in [6, 6.07) is 23.4. The van der Waals surface area contributed by atoms with Crippen molar-refractivity contribution in [3.05, 3.63) is 113 Å². The summed E-state index contributed by atoms with van der Waals surface area (Å²) in [7, 11) is 0. The SMILES string of the molecule is Cc1cc([C@@H]2[C@@H](c3ccccn3)NC(=S)N2CC(=O)Nc2ccccc2)c(C)n1-c1ccc(C(=O)O)cc1. The van der Waals surface area contributed by atoms with Crippen LogP contribution in [0.4, 0.5) is 5.69 Å². The van der Waals surface area contributed by atoms with Gasteiger partial charge in [-0.3, -0.25) is 9.78 Å². The van der Waals surface area contributed by atoms with Gasteiger partial charge in [-0.2, -0.15) is 0 Å². The van der Waals surface area contributed by atoms with Crippen molar-refractivity contribution in [1.82, 2.24) is 19.8 Å². The topological polar surface area (TPSA) is 99.5 Å². The number of benzene rings is 2. The van der Waals surface area contributed by atoms with Crippen molar-refractivity contribution in [1.29, 1.82) is 0 Å². The van der Waals surface area contributed by atoms with Crippen molar-refractivity contribution >= 4 is 34.9 Å². The third-order valence-electron chi connectivity index (χ3n) is 6.73. The summed E-state index contributed by atoms with van der Waals surface area (Å²) in [4.78, 5) is 30.9. The largest absolute Gasteiger partial charge is 0.478 e. The number of anilines is 1. The number of aromatic nitrogens is 2. The molecule has 192 valence electrons. The van der Waals surface area contributed by atoms with E-state index < -0.39 is 5.97 Å². The second-order valence-electron chi connectivity index (χ2n) is 9.18. The molecule has 9 heteroatoms. The number of aryl methyl sites for hydroxylation is 1. The van der Waals surface area contributed by atoms with Crippen LogP contribution < -0.4 is 10.6 Å². The molecule has 1 amide bonds. The van der Waals surface area contributed by atoms with Gasteiger partial charge in [-0.15, -0.1) is 0 Å². The number of amides is 1. The van der Waals surface area contributed by atoms with Crippen molar-refractivity contribution < 1.29 is 14.7 Å². The maximum atomic E-state index is 13.1. The minimum Gasteiger partial charge on any atom is -0.478 e. The van der Waals surface area contributed by atoms with Crippen LogP contribution in [-0.2, 0) is 4.79 Å². The van der Waals surface area contributed by atoms with E-state index in [0.717, 1.165) is 34.0 Å². The quantitative estimate of drug-likeness (QED) is 0.298. The van der Waals surface area contributed by atoms with E-state index in [9.17, 15) is 14.7 Å². The molecule has 0 radical (unpaired) electrons. The number of para-hydroxylation sites is 1. The van der Waals surface area contributed by atoms with Gasteiger partial charge >= 0.3 is 5.97 Å². The Morgan fingerprint density at radius 2 is 1.74 bits per heavy atom. The van der Waals surface area contributed by atoms with E-state index in [-0.39, 0.29) is 30.1 Å². The average Bonchev–Trinajstić information content (AvgIpc) is 3.39. The lowest BCUT2D eigenvalue weighted by Gasteiger charge is -2.27. The Morgan fingerprint density at radius 1 is 1.03 bits per heavy atom. The average molecular weight is 526 g/mol. The van der Waals surface area contributed by atoms with E-state index in [1.54, 1.807) is 30.5 Å². The first kappa shape index (κ1) is 25.2. The molecule has 0 bridgehead atoms. The van der Waals surface area contributed by atoms with Crippen LogP contribution in [0.1, 0.15) is 45.1 Å². The van der Waals surface area contributed by atoms with Gasteiger partial charge in [0.25, 0.3) is 0 Å². The Labute approximate surface area is 225 Å². The molecule has 5 rings (SSSR count). The van der Waals surface area contributed by atoms with Gasteiger partial charge in [-0.1, -0.05) is 24.3 Å². The summed E-state index contributed by atoms with van der Waals surface area (Å²) in [6.45, 7) is 4.09. The van der Waals surface area contributed by atoms with E-state index >= 15 is 0 Å². The van der Waals surface area contributed by atoms with E-state index in [2.05, 4.69) is 26.3 Å². The number of aromatic carboxylic acids is 1. The first-order chi connectivity index (χ1) is 18.3. The second kappa shape index (κ2) is 10.5. The molecule has 2 aromatic heterocycles. The molecule has 4 aromatic rings. The number of hydrogen-bond acceptors (Lipinski definition) is 4. The summed E-state index contributed by atoms with van der Waals surface area (Å²) < 4.78 is 2.08. The first-order valence-corrected chi connectivity index (χ1v) is 12.6. The molecular formula is C29H27N5O3S. The standard InChI is InChI=1S/C29H27N5O3S/c1-18-16-23(19(2)34(18)22-13-11-20(12-14-22)28(36)37)27-26(24-10-6-7-15-30-24)32-29(38)33(27)17-25(35)31-21-8-4-3-5-9-21/h3-16,26-27H,17H2,1-2H3,(H,31,35)(H,32,38)(H,36,37)/t26-,27-/m1/s1. The number of thiocarbonyl (C=S) groups is 1. The lowest BCUT2D eigenvalue weighted by Crippen LogP contribution is -2.37. The number of carbonyl (C=O) groups excluding carboxylic acids is 1. The molecule has 1 fully saturated rings. The van der Waals surface area contributed by atoms with Crippen LogP contribution in [-0.4, -0.2) is 43.1 Å². The molecule has 8 nitrogen and oxygen atoms in total. The zero-order valence-corrected chi connectivity index (χ0v) is 21.8. The van der Waals surface area contributed by atoms with Gasteiger partial charge in [0.05, 0.1) is 23.3 Å². The minimum atomic E-state index is -0.966. The molecule has 1 aliphatic rings. The van der Waals surface area contributed by atoms with Gasteiger partial charge in [-0.25, -0.2) is 4.79 Å². The summed E-state index contributed by atoms with van der Waals surface area (Å²) in [5.41, 5.74) is 5.57. The van der Waals surface area contributed by atoms with Crippen LogP contribution >= 0.6 is 12.2 Å². The highest BCUT2D eigenvalue weighted by Gasteiger charge is 2.42. The fourth-order valence-electron chi connectivity index (χ4n) is 5.03. The van der Waals surface area contributed by atoms with E-state index in [1.165, 1.54) is 0 Å². The van der Waals surface area contributed by atoms with Crippen molar-refractivity contribution in [3.63, 3.8) is 0 Å². The van der Waals surface area contributed by atoms with Crippen molar-refractivity contribution in [2.75, 3.05) is 11.9 Å². The van der Waals surface area contributed by atoms with Gasteiger partial charge in [0.2, 0.25) is 5.91 Å². The van der Waals surface area contributed by atoms with Gasteiger partial charge in [0, 0.05) is 29.0 Å². The van der Waals surface area contributed by atoms with Gasteiger partial charge < -0.3 is 25.2 Å². The van der Waals surface area contributed by atoms with Crippen molar-refractivity contribution in [2.24, 2.45) is 0 Å². The van der Waals surface area contributed by atoms with E-state index in [1.807, 2.05) is 67.3 Å². The maximum Gasteiger partial charge on any atom is 0.335 e. The second-order valence-corrected chi connectivity index (χ2v) is 9.57. The molecule has 0 aliphatic carbocycles.